The lowest BCUT2D eigenvalue weighted by Gasteiger charge is -2.41. The summed E-state index contributed by atoms with van der Waals surface area (Å²) < 4.78 is 0. The number of nitrogens with zero attached hydrogens (tertiary/aromatic N) is 2. The van der Waals surface area contributed by atoms with Gasteiger partial charge in [0.15, 0.2) is 0 Å². The Hall–Kier alpha value is -2.57. The summed E-state index contributed by atoms with van der Waals surface area (Å²) in [5, 5.41) is 6.54. The van der Waals surface area contributed by atoms with Gasteiger partial charge in [0, 0.05) is 47.8 Å². The minimum absolute atomic E-state index is 0.00813. The molecule has 2 N–H and O–H groups in total. The van der Waals surface area contributed by atoms with Crippen LogP contribution in [-0.4, -0.2) is 48.9 Å². The van der Waals surface area contributed by atoms with Crippen molar-refractivity contribution >= 4 is 40.5 Å². The van der Waals surface area contributed by atoms with Gasteiger partial charge >= 0.3 is 0 Å². The van der Waals surface area contributed by atoms with Crippen molar-refractivity contribution in [1.82, 2.24) is 4.90 Å². The van der Waals surface area contributed by atoms with Crippen LogP contribution < -0.4 is 15.5 Å². The van der Waals surface area contributed by atoms with Crippen molar-refractivity contribution in [2.45, 2.75) is 26.3 Å². The Morgan fingerprint density at radius 1 is 1.24 bits per heavy atom. The number of anilines is 3. The highest BCUT2D eigenvalue weighted by atomic mass is 35.5. The van der Waals surface area contributed by atoms with Crippen molar-refractivity contribution in [3.8, 4) is 0 Å². The number of carbonyl (C=O) groups excluding carboxylic acids is 2. The van der Waals surface area contributed by atoms with Crippen LogP contribution in [0.2, 0.25) is 5.02 Å². The number of halogens is 1. The maximum absolute atomic E-state index is 12.5. The smallest absolute Gasteiger partial charge is 0.238 e. The van der Waals surface area contributed by atoms with Gasteiger partial charge in [-0.05, 0) is 61.4 Å². The highest BCUT2D eigenvalue weighted by Crippen LogP contribution is 2.27. The molecule has 1 atom stereocenters. The Balaban J connectivity index is 1.33. The highest BCUT2D eigenvalue weighted by molar-refractivity contribution is 6.31. The van der Waals surface area contributed by atoms with E-state index in [1.54, 1.807) is 0 Å². The quantitative estimate of drug-likeness (QED) is 0.808. The number of carbonyl (C=O) groups is 2. The third-order valence-corrected chi connectivity index (χ3v) is 5.99. The van der Waals surface area contributed by atoms with E-state index in [-0.39, 0.29) is 11.8 Å². The van der Waals surface area contributed by atoms with Gasteiger partial charge in [0.2, 0.25) is 11.8 Å². The molecular formula is C22H25ClN4O2. The predicted octanol–water partition coefficient (Wildman–Crippen LogP) is 3.29. The molecule has 4 rings (SSSR count). The SMILES string of the molecule is Cc1cc(N2CCN(CC(=O)Nc3ccc4c(c3)CC(=O)N4)C[C@H]2C)ccc1Cl. The highest BCUT2D eigenvalue weighted by Gasteiger charge is 2.25. The first kappa shape index (κ1) is 19.7. The number of nitrogens with one attached hydrogen (secondary N) is 2. The number of aryl methyl sites for hydroxylation is 1. The van der Waals surface area contributed by atoms with Crippen molar-refractivity contribution < 1.29 is 9.59 Å². The molecule has 0 radical (unpaired) electrons. The summed E-state index contributed by atoms with van der Waals surface area (Å²) in [5.74, 6) is -0.0450. The normalized spacial score (nSPS) is 19.1. The molecule has 6 nitrogen and oxygen atoms in total. The molecular weight excluding hydrogens is 388 g/mol. The molecule has 2 aliphatic heterocycles. The lowest BCUT2D eigenvalue weighted by Crippen LogP contribution is -2.53. The van der Waals surface area contributed by atoms with Gasteiger partial charge in [0.1, 0.15) is 0 Å². The van der Waals surface area contributed by atoms with E-state index in [0.29, 0.717) is 19.0 Å². The summed E-state index contributed by atoms with van der Waals surface area (Å²) in [6, 6.07) is 12.0. The van der Waals surface area contributed by atoms with E-state index in [9.17, 15) is 9.59 Å². The van der Waals surface area contributed by atoms with Crippen molar-refractivity contribution in [3.63, 3.8) is 0 Å². The van der Waals surface area contributed by atoms with E-state index in [4.69, 9.17) is 11.6 Å². The standard InChI is InChI=1S/C22H25ClN4O2/c1-14-9-18(4-5-19(14)23)27-8-7-26(12-15(27)2)13-22(29)24-17-3-6-20-16(10-17)11-21(28)25-20/h3-6,9-10,15H,7-8,11-13H2,1-2H3,(H,24,29)(H,25,28)/t15-/m1/s1. The lowest BCUT2D eigenvalue weighted by atomic mass is 10.1. The Labute approximate surface area is 175 Å². The maximum atomic E-state index is 12.5. The van der Waals surface area contributed by atoms with Crippen molar-refractivity contribution in [3.05, 3.63) is 52.5 Å². The molecule has 2 amide bonds. The Bertz CT molecular complexity index is 962. The van der Waals surface area contributed by atoms with E-state index in [0.717, 1.165) is 47.2 Å². The van der Waals surface area contributed by atoms with Crippen LogP contribution in [0.4, 0.5) is 17.1 Å². The zero-order valence-electron chi connectivity index (χ0n) is 16.7. The summed E-state index contributed by atoms with van der Waals surface area (Å²) in [6.07, 6.45) is 0.364. The van der Waals surface area contributed by atoms with Gasteiger partial charge in [-0.15, -0.1) is 0 Å². The van der Waals surface area contributed by atoms with Crippen LogP contribution in [-0.2, 0) is 16.0 Å². The van der Waals surface area contributed by atoms with Gasteiger partial charge in [0.05, 0.1) is 13.0 Å². The third kappa shape index (κ3) is 4.38. The molecule has 29 heavy (non-hydrogen) atoms. The van der Waals surface area contributed by atoms with E-state index in [1.165, 1.54) is 5.69 Å². The fourth-order valence-electron chi connectivity index (χ4n) is 4.08. The molecule has 2 aromatic rings. The van der Waals surface area contributed by atoms with Crippen LogP contribution in [0, 0.1) is 6.92 Å². The molecule has 7 heteroatoms. The minimum Gasteiger partial charge on any atom is -0.366 e. The fourth-order valence-corrected chi connectivity index (χ4v) is 4.20. The van der Waals surface area contributed by atoms with E-state index in [1.807, 2.05) is 31.2 Å². The number of benzene rings is 2. The number of hydrogen-bond donors (Lipinski definition) is 2. The summed E-state index contributed by atoms with van der Waals surface area (Å²) in [5.41, 5.74) is 4.73. The predicted molar refractivity (Wildman–Crippen MR) is 117 cm³/mol. The first-order valence-corrected chi connectivity index (χ1v) is 10.2. The number of amides is 2. The largest absolute Gasteiger partial charge is 0.366 e. The lowest BCUT2D eigenvalue weighted by molar-refractivity contribution is -0.117. The summed E-state index contributed by atoms with van der Waals surface area (Å²) in [4.78, 5) is 28.5. The van der Waals surface area contributed by atoms with Crippen LogP contribution in [0.25, 0.3) is 0 Å². The molecule has 1 fully saturated rings. The zero-order valence-corrected chi connectivity index (χ0v) is 17.4. The maximum Gasteiger partial charge on any atom is 0.238 e. The molecule has 152 valence electrons. The van der Waals surface area contributed by atoms with Crippen LogP contribution in [0.5, 0.6) is 0 Å². The number of fused-ring (bicyclic) bond motifs is 1. The van der Waals surface area contributed by atoms with E-state index >= 15 is 0 Å². The summed E-state index contributed by atoms with van der Waals surface area (Å²) in [7, 11) is 0. The fraction of sp³-hybridized carbons (Fsp3) is 0.364. The van der Waals surface area contributed by atoms with Crippen LogP contribution in [0.3, 0.4) is 0 Å². The van der Waals surface area contributed by atoms with Crippen molar-refractivity contribution in [2.75, 3.05) is 41.7 Å². The Kier molecular flexibility index (Phi) is 5.48. The Morgan fingerprint density at radius 3 is 2.83 bits per heavy atom. The van der Waals surface area contributed by atoms with Gasteiger partial charge in [-0.3, -0.25) is 14.5 Å². The second kappa shape index (κ2) is 8.05. The average Bonchev–Trinajstić information content (AvgIpc) is 3.03. The minimum atomic E-state index is -0.0368. The van der Waals surface area contributed by atoms with Crippen LogP contribution in [0.1, 0.15) is 18.1 Å². The zero-order chi connectivity index (χ0) is 20.5. The van der Waals surface area contributed by atoms with Gasteiger partial charge in [-0.1, -0.05) is 11.6 Å². The molecule has 0 bridgehead atoms. The average molecular weight is 413 g/mol. The molecule has 2 aliphatic rings. The van der Waals surface area contributed by atoms with Gasteiger partial charge in [-0.25, -0.2) is 0 Å². The number of hydrogen-bond acceptors (Lipinski definition) is 4. The van der Waals surface area contributed by atoms with Gasteiger partial charge in [0.25, 0.3) is 0 Å². The molecule has 1 saturated heterocycles. The molecule has 2 aromatic carbocycles. The van der Waals surface area contributed by atoms with Gasteiger partial charge < -0.3 is 15.5 Å². The van der Waals surface area contributed by atoms with E-state index in [2.05, 4.69) is 39.5 Å². The Morgan fingerprint density at radius 2 is 2.07 bits per heavy atom. The van der Waals surface area contributed by atoms with Crippen molar-refractivity contribution in [2.24, 2.45) is 0 Å². The topological polar surface area (TPSA) is 64.7 Å². The van der Waals surface area contributed by atoms with E-state index < -0.39 is 0 Å². The second-order valence-electron chi connectivity index (χ2n) is 7.86. The summed E-state index contributed by atoms with van der Waals surface area (Å²) >= 11 is 6.15. The molecule has 0 aromatic heterocycles. The van der Waals surface area contributed by atoms with Gasteiger partial charge in [-0.2, -0.15) is 0 Å². The molecule has 0 aliphatic carbocycles. The van der Waals surface area contributed by atoms with Crippen molar-refractivity contribution in [1.29, 1.82) is 0 Å². The number of piperazine rings is 1. The van der Waals surface area contributed by atoms with Crippen LogP contribution in [0.15, 0.2) is 36.4 Å². The third-order valence-electron chi connectivity index (χ3n) is 5.57. The first-order valence-electron chi connectivity index (χ1n) is 9.87. The molecule has 0 spiro atoms. The number of rotatable bonds is 4. The summed E-state index contributed by atoms with van der Waals surface area (Å²) in [6.45, 7) is 7.05. The first-order chi connectivity index (χ1) is 13.9. The molecule has 0 saturated carbocycles. The second-order valence-corrected chi connectivity index (χ2v) is 8.26. The molecule has 0 unspecified atom stereocenters. The van der Waals surface area contributed by atoms with Crippen LogP contribution >= 0.6 is 11.6 Å². The monoisotopic (exact) mass is 412 g/mol. The molecule has 2 heterocycles.